The second-order valence-corrected chi connectivity index (χ2v) is 7.19. The largest absolute Gasteiger partial charge is 0.392 e. The summed E-state index contributed by atoms with van der Waals surface area (Å²) < 4.78 is 2.06. The Morgan fingerprint density at radius 3 is 2.70 bits per heavy atom. The molecular formula is C16H28N2OS. The van der Waals surface area contributed by atoms with Crippen molar-refractivity contribution in [3.8, 4) is 0 Å². The van der Waals surface area contributed by atoms with Crippen LogP contribution in [0.5, 0.6) is 0 Å². The SMILES string of the molecule is CCC(CC)n1ccc(CC(O)CSC2CCCC2)n1. The van der Waals surface area contributed by atoms with Crippen molar-refractivity contribution in [2.45, 2.75) is 76.2 Å². The van der Waals surface area contributed by atoms with Crippen molar-refractivity contribution in [2.75, 3.05) is 5.75 Å². The number of aliphatic hydroxyl groups excluding tert-OH is 1. The van der Waals surface area contributed by atoms with Gasteiger partial charge in [-0.05, 0) is 31.7 Å². The fourth-order valence-electron chi connectivity index (χ4n) is 2.95. The molecule has 1 aliphatic carbocycles. The van der Waals surface area contributed by atoms with Crippen molar-refractivity contribution >= 4 is 11.8 Å². The maximum Gasteiger partial charge on any atom is 0.0686 e. The molecule has 0 saturated heterocycles. The molecule has 1 saturated carbocycles. The van der Waals surface area contributed by atoms with Crippen LogP contribution < -0.4 is 0 Å². The van der Waals surface area contributed by atoms with Gasteiger partial charge in [-0.2, -0.15) is 16.9 Å². The smallest absolute Gasteiger partial charge is 0.0686 e. The summed E-state index contributed by atoms with van der Waals surface area (Å²) in [5.74, 6) is 0.850. The monoisotopic (exact) mass is 296 g/mol. The highest BCUT2D eigenvalue weighted by Crippen LogP contribution is 2.30. The summed E-state index contributed by atoms with van der Waals surface area (Å²) in [6, 6.07) is 2.55. The van der Waals surface area contributed by atoms with Crippen LogP contribution in [0.3, 0.4) is 0 Å². The lowest BCUT2D eigenvalue weighted by atomic mass is 10.2. The average molecular weight is 296 g/mol. The quantitative estimate of drug-likeness (QED) is 0.792. The molecule has 1 unspecified atom stereocenters. The van der Waals surface area contributed by atoms with Crippen LogP contribution in [-0.4, -0.2) is 32.0 Å². The molecule has 3 nitrogen and oxygen atoms in total. The molecule has 20 heavy (non-hydrogen) atoms. The number of hydrogen-bond acceptors (Lipinski definition) is 3. The summed E-state index contributed by atoms with van der Waals surface area (Å²) in [5.41, 5.74) is 1.02. The van der Waals surface area contributed by atoms with Crippen molar-refractivity contribution in [3.05, 3.63) is 18.0 Å². The molecule has 1 aliphatic rings. The number of rotatable bonds is 8. The Balaban J connectivity index is 1.77. The van der Waals surface area contributed by atoms with Gasteiger partial charge in [0.1, 0.15) is 0 Å². The minimum Gasteiger partial charge on any atom is -0.392 e. The lowest BCUT2D eigenvalue weighted by Crippen LogP contribution is -2.16. The third kappa shape index (κ3) is 4.52. The van der Waals surface area contributed by atoms with E-state index in [1.54, 1.807) is 0 Å². The lowest BCUT2D eigenvalue weighted by Gasteiger charge is -2.14. The Bertz CT molecular complexity index is 384. The van der Waals surface area contributed by atoms with Gasteiger partial charge in [0.2, 0.25) is 0 Å². The first kappa shape index (κ1) is 15.9. The molecule has 0 aliphatic heterocycles. The second-order valence-electron chi connectivity index (χ2n) is 5.86. The van der Waals surface area contributed by atoms with E-state index in [9.17, 15) is 5.11 Å². The summed E-state index contributed by atoms with van der Waals surface area (Å²) in [6.45, 7) is 4.39. The van der Waals surface area contributed by atoms with E-state index in [4.69, 9.17) is 0 Å². The van der Waals surface area contributed by atoms with E-state index >= 15 is 0 Å². The fraction of sp³-hybridized carbons (Fsp3) is 0.812. The number of thioether (sulfide) groups is 1. The zero-order valence-corrected chi connectivity index (χ0v) is 13.6. The van der Waals surface area contributed by atoms with Crippen LogP contribution >= 0.6 is 11.8 Å². The summed E-state index contributed by atoms with van der Waals surface area (Å²) >= 11 is 1.95. The Labute approximate surface area is 127 Å². The number of aromatic nitrogens is 2. The molecule has 1 atom stereocenters. The third-order valence-corrected chi connectivity index (χ3v) is 5.77. The topological polar surface area (TPSA) is 38.0 Å². The van der Waals surface area contributed by atoms with Crippen LogP contribution in [0.4, 0.5) is 0 Å². The molecule has 1 heterocycles. The van der Waals surface area contributed by atoms with Gasteiger partial charge in [-0.1, -0.05) is 26.7 Å². The van der Waals surface area contributed by atoms with Crippen LogP contribution in [0, 0.1) is 0 Å². The minimum absolute atomic E-state index is 0.259. The summed E-state index contributed by atoms with van der Waals surface area (Å²) in [4.78, 5) is 0. The van der Waals surface area contributed by atoms with Gasteiger partial charge < -0.3 is 5.11 Å². The van der Waals surface area contributed by atoms with Crippen LogP contribution in [-0.2, 0) is 6.42 Å². The Kier molecular flexibility index (Phi) is 6.43. The van der Waals surface area contributed by atoms with Crippen molar-refractivity contribution < 1.29 is 5.11 Å². The van der Waals surface area contributed by atoms with Crippen molar-refractivity contribution in [3.63, 3.8) is 0 Å². The molecule has 0 bridgehead atoms. The normalized spacial score (nSPS) is 18.0. The van der Waals surface area contributed by atoms with Crippen LogP contribution in [0.1, 0.15) is 64.1 Å². The molecule has 114 valence electrons. The predicted molar refractivity (Wildman–Crippen MR) is 86.3 cm³/mol. The van der Waals surface area contributed by atoms with E-state index in [-0.39, 0.29) is 6.10 Å². The molecule has 1 aromatic rings. The van der Waals surface area contributed by atoms with Crippen molar-refractivity contribution in [2.24, 2.45) is 0 Å². The van der Waals surface area contributed by atoms with Gasteiger partial charge in [0, 0.05) is 23.6 Å². The van der Waals surface area contributed by atoms with Gasteiger partial charge in [-0.15, -0.1) is 0 Å². The molecule has 0 spiro atoms. The third-order valence-electron chi connectivity index (χ3n) is 4.25. The Morgan fingerprint density at radius 1 is 1.35 bits per heavy atom. The number of nitrogens with zero attached hydrogens (tertiary/aromatic N) is 2. The Hall–Kier alpha value is -0.480. The van der Waals surface area contributed by atoms with E-state index in [0.29, 0.717) is 12.5 Å². The molecule has 1 aromatic heterocycles. The van der Waals surface area contributed by atoms with E-state index < -0.39 is 0 Å². The van der Waals surface area contributed by atoms with Crippen LogP contribution in [0.15, 0.2) is 12.3 Å². The van der Waals surface area contributed by atoms with Gasteiger partial charge in [0.05, 0.1) is 17.8 Å². The molecule has 0 aromatic carbocycles. The van der Waals surface area contributed by atoms with E-state index in [2.05, 4.69) is 35.9 Å². The lowest BCUT2D eigenvalue weighted by molar-refractivity contribution is 0.198. The predicted octanol–water partition coefficient (Wildman–Crippen LogP) is 3.82. The first-order chi connectivity index (χ1) is 9.72. The Morgan fingerprint density at radius 2 is 2.05 bits per heavy atom. The average Bonchev–Trinajstić information content (AvgIpc) is 3.10. The maximum absolute atomic E-state index is 10.2. The maximum atomic E-state index is 10.2. The molecule has 0 amide bonds. The van der Waals surface area contributed by atoms with Crippen LogP contribution in [0.2, 0.25) is 0 Å². The van der Waals surface area contributed by atoms with Crippen molar-refractivity contribution in [1.82, 2.24) is 9.78 Å². The van der Waals surface area contributed by atoms with Gasteiger partial charge in [-0.3, -0.25) is 4.68 Å². The first-order valence-electron chi connectivity index (χ1n) is 8.06. The van der Waals surface area contributed by atoms with Gasteiger partial charge >= 0.3 is 0 Å². The molecule has 1 N–H and O–H groups in total. The zero-order chi connectivity index (χ0) is 14.4. The highest BCUT2D eigenvalue weighted by Gasteiger charge is 2.18. The number of aliphatic hydroxyl groups is 1. The first-order valence-corrected chi connectivity index (χ1v) is 9.11. The molecular weight excluding hydrogens is 268 g/mol. The van der Waals surface area contributed by atoms with Gasteiger partial charge in [-0.25, -0.2) is 0 Å². The van der Waals surface area contributed by atoms with Gasteiger partial charge in [0.15, 0.2) is 0 Å². The number of hydrogen-bond donors (Lipinski definition) is 1. The standard InChI is InChI=1S/C16H28N2OS/c1-3-14(4-2)18-10-9-13(17-18)11-15(19)12-20-16-7-5-6-8-16/h9-10,14-16,19H,3-8,11-12H2,1-2H3. The van der Waals surface area contributed by atoms with E-state index in [0.717, 1.165) is 29.5 Å². The summed E-state index contributed by atoms with van der Waals surface area (Å²) in [6.07, 6.45) is 10.1. The fourth-order valence-corrected chi connectivity index (χ4v) is 4.23. The zero-order valence-electron chi connectivity index (χ0n) is 12.8. The molecule has 1 fully saturated rings. The van der Waals surface area contributed by atoms with E-state index in [1.165, 1.54) is 25.7 Å². The molecule has 4 heteroatoms. The highest BCUT2D eigenvalue weighted by molar-refractivity contribution is 7.99. The summed E-state index contributed by atoms with van der Waals surface area (Å²) in [5, 5.41) is 15.6. The van der Waals surface area contributed by atoms with Crippen molar-refractivity contribution in [1.29, 1.82) is 0 Å². The second kappa shape index (κ2) is 8.08. The van der Waals surface area contributed by atoms with E-state index in [1.807, 2.05) is 11.8 Å². The summed E-state index contributed by atoms with van der Waals surface area (Å²) in [7, 11) is 0. The van der Waals surface area contributed by atoms with Crippen LogP contribution in [0.25, 0.3) is 0 Å². The molecule has 0 radical (unpaired) electrons. The molecule has 2 rings (SSSR count). The highest BCUT2D eigenvalue weighted by atomic mass is 32.2. The van der Waals surface area contributed by atoms with Gasteiger partial charge in [0.25, 0.3) is 0 Å². The minimum atomic E-state index is -0.259.